The van der Waals surface area contributed by atoms with Gasteiger partial charge in [-0.25, -0.2) is 9.97 Å². The van der Waals surface area contributed by atoms with E-state index in [0.717, 1.165) is 16.5 Å². The number of fused-ring (bicyclic) bond motifs is 1. The Morgan fingerprint density at radius 2 is 1.68 bits per heavy atom. The summed E-state index contributed by atoms with van der Waals surface area (Å²) in [5.41, 5.74) is 2.35. The Morgan fingerprint density at radius 3 is 2.45 bits per heavy atom. The molecule has 2 aromatic carbocycles. The van der Waals surface area contributed by atoms with Crippen LogP contribution in [0.25, 0.3) is 10.9 Å². The summed E-state index contributed by atoms with van der Waals surface area (Å²) in [5.74, 6) is 0.515. The molecule has 0 atom stereocenters. The van der Waals surface area contributed by atoms with Gasteiger partial charge in [-0.05, 0) is 18.6 Å². The standard InChI is InChI=1S/C18H17N3O/c1-13-19-16-11-7-6-10-15(16)17(20-13)18(22)21(2)12-14-8-4-3-5-9-14/h3-11H,12H2,1-2H3. The third kappa shape index (κ3) is 2.81. The Kier molecular flexibility index (Phi) is 3.83. The first-order valence-electron chi connectivity index (χ1n) is 7.18. The lowest BCUT2D eigenvalue weighted by atomic mass is 10.1. The van der Waals surface area contributed by atoms with Crippen LogP contribution in [0.4, 0.5) is 0 Å². The van der Waals surface area contributed by atoms with Gasteiger partial charge in [0.05, 0.1) is 5.52 Å². The van der Waals surface area contributed by atoms with Crippen molar-refractivity contribution in [3.8, 4) is 0 Å². The molecule has 4 nitrogen and oxygen atoms in total. The number of hydrogen-bond acceptors (Lipinski definition) is 3. The van der Waals surface area contributed by atoms with Crippen LogP contribution in [0.15, 0.2) is 54.6 Å². The van der Waals surface area contributed by atoms with Crippen LogP contribution in [0.3, 0.4) is 0 Å². The molecule has 0 N–H and O–H groups in total. The number of hydrogen-bond donors (Lipinski definition) is 0. The summed E-state index contributed by atoms with van der Waals surface area (Å²) in [6.07, 6.45) is 0. The molecule has 4 heteroatoms. The van der Waals surface area contributed by atoms with E-state index in [0.29, 0.717) is 18.1 Å². The number of aryl methyl sites for hydroxylation is 1. The van der Waals surface area contributed by atoms with E-state index in [4.69, 9.17) is 0 Å². The highest BCUT2D eigenvalue weighted by Gasteiger charge is 2.17. The zero-order valence-corrected chi connectivity index (χ0v) is 12.7. The smallest absolute Gasteiger partial charge is 0.273 e. The van der Waals surface area contributed by atoms with Gasteiger partial charge in [-0.2, -0.15) is 0 Å². The molecule has 3 aromatic rings. The second kappa shape index (κ2) is 5.93. The molecule has 110 valence electrons. The first-order valence-corrected chi connectivity index (χ1v) is 7.18. The molecule has 0 aliphatic rings. The summed E-state index contributed by atoms with van der Waals surface area (Å²) in [4.78, 5) is 23.2. The first kappa shape index (κ1) is 14.2. The highest BCUT2D eigenvalue weighted by Crippen LogP contribution is 2.17. The molecule has 0 saturated carbocycles. The summed E-state index contributed by atoms with van der Waals surface area (Å²) in [6.45, 7) is 2.36. The lowest BCUT2D eigenvalue weighted by molar-refractivity contribution is 0.0781. The van der Waals surface area contributed by atoms with E-state index >= 15 is 0 Å². The van der Waals surface area contributed by atoms with Crippen LogP contribution in [-0.2, 0) is 6.54 Å². The number of amides is 1. The zero-order valence-electron chi connectivity index (χ0n) is 12.7. The van der Waals surface area contributed by atoms with Gasteiger partial charge >= 0.3 is 0 Å². The van der Waals surface area contributed by atoms with Gasteiger partial charge in [0.25, 0.3) is 5.91 Å². The molecule has 1 aromatic heterocycles. The van der Waals surface area contributed by atoms with E-state index in [1.165, 1.54) is 0 Å². The number of carbonyl (C=O) groups is 1. The van der Waals surface area contributed by atoms with Crippen molar-refractivity contribution in [2.75, 3.05) is 7.05 Å². The molecule has 0 radical (unpaired) electrons. The van der Waals surface area contributed by atoms with E-state index in [2.05, 4.69) is 9.97 Å². The van der Waals surface area contributed by atoms with Crippen LogP contribution in [0.5, 0.6) is 0 Å². The van der Waals surface area contributed by atoms with Crippen LogP contribution in [0.2, 0.25) is 0 Å². The van der Waals surface area contributed by atoms with E-state index in [9.17, 15) is 4.79 Å². The number of para-hydroxylation sites is 1. The quantitative estimate of drug-likeness (QED) is 0.744. The molecule has 0 unspecified atom stereocenters. The fourth-order valence-electron chi connectivity index (χ4n) is 2.47. The minimum atomic E-state index is -0.0921. The Labute approximate surface area is 129 Å². The average molecular weight is 291 g/mol. The second-order valence-electron chi connectivity index (χ2n) is 5.28. The minimum absolute atomic E-state index is 0.0921. The summed E-state index contributed by atoms with van der Waals surface area (Å²) < 4.78 is 0. The summed E-state index contributed by atoms with van der Waals surface area (Å²) in [5, 5.41) is 0.790. The molecule has 0 spiro atoms. The highest BCUT2D eigenvalue weighted by atomic mass is 16.2. The SMILES string of the molecule is Cc1nc(C(=O)N(C)Cc2ccccc2)c2ccccc2n1. The molecule has 3 rings (SSSR count). The van der Waals surface area contributed by atoms with Gasteiger partial charge in [-0.15, -0.1) is 0 Å². The Hall–Kier alpha value is -2.75. The molecule has 1 amide bonds. The third-order valence-electron chi connectivity index (χ3n) is 3.53. The van der Waals surface area contributed by atoms with Crippen molar-refractivity contribution in [1.82, 2.24) is 14.9 Å². The van der Waals surface area contributed by atoms with E-state index in [-0.39, 0.29) is 5.91 Å². The van der Waals surface area contributed by atoms with Crippen molar-refractivity contribution in [3.05, 3.63) is 71.7 Å². The summed E-state index contributed by atoms with van der Waals surface area (Å²) in [6, 6.07) is 17.5. The van der Waals surface area contributed by atoms with Gasteiger partial charge in [-0.3, -0.25) is 4.79 Å². The van der Waals surface area contributed by atoms with Gasteiger partial charge in [0.1, 0.15) is 11.5 Å². The fourth-order valence-corrected chi connectivity index (χ4v) is 2.47. The van der Waals surface area contributed by atoms with Gasteiger partial charge < -0.3 is 4.90 Å². The van der Waals surface area contributed by atoms with E-state index < -0.39 is 0 Å². The Balaban J connectivity index is 1.95. The van der Waals surface area contributed by atoms with E-state index in [1.54, 1.807) is 18.9 Å². The molecular formula is C18H17N3O. The lowest BCUT2D eigenvalue weighted by Crippen LogP contribution is -2.27. The molecule has 0 fully saturated rings. The van der Waals surface area contributed by atoms with Crippen molar-refractivity contribution < 1.29 is 4.79 Å². The normalized spacial score (nSPS) is 10.6. The topological polar surface area (TPSA) is 46.1 Å². The van der Waals surface area contributed by atoms with Crippen LogP contribution in [0, 0.1) is 6.92 Å². The maximum atomic E-state index is 12.8. The molecular weight excluding hydrogens is 274 g/mol. The molecule has 22 heavy (non-hydrogen) atoms. The monoisotopic (exact) mass is 291 g/mol. The van der Waals surface area contributed by atoms with Gasteiger partial charge in [-0.1, -0.05) is 48.5 Å². The van der Waals surface area contributed by atoms with Crippen molar-refractivity contribution >= 4 is 16.8 Å². The molecule has 0 saturated heterocycles. The number of aromatic nitrogens is 2. The molecule has 1 heterocycles. The number of nitrogens with zero attached hydrogens (tertiary/aromatic N) is 3. The van der Waals surface area contributed by atoms with Crippen molar-refractivity contribution in [3.63, 3.8) is 0 Å². The van der Waals surface area contributed by atoms with Crippen molar-refractivity contribution in [2.45, 2.75) is 13.5 Å². The second-order valence-corrected chi connectivity index (χ2v) is 5.28. The Morgan fingerprint density at radius 1 is 1.00 bits per heavy atom. The van der Waals surface area contributed by atoms with Crippen LogP contribution in [0.1, 0.15) is 21.9 Å². The number of carbonyl (C=O) groups excluding carboxylic acids is 1. The van der Waals surface area contributed by atoms with Crippen molar-refractivity contribution in [2.24, 2.45) is 0 Å². The fraction of sp³-hybridized carbons (Fsp3) is 0.167. The predicted octanol–water partition coefficient (Wildman–Crippen LogP) is 3.21. The number of rotatable bonds is 3. The van der Waals surface area contributed by atoms with Crippen molar-refractivity contribution in [1.29, 1.82) is 0 Å². The maximum Gasteiger partial charge on any atom is 0.273 e. The maximum absolute atomic E-state index is 12.8. The molecule has 0 bridgehead atoms. The van der Waals surface area contributed by atoms with E-state index in [1.807, 2.05) is 54.6 Å². The Bertz CT molecular complexity index is 815. The minimum Gasteiger partial charge on any atom is -0.336 e. The third-order valence-corrected chi connectivity index (χ3v) is 3.53. The van der Waals surface area contributed by atoms with Gasteiger partial charge in [0.2, 0.25) is 0 Å². The van der Waals surface area contributed by atoms with Crippen LogP contribution >= 0.6 is 0 Å². The largest absolute Gasteiger partial charge is 0.336 e. The van der Waals surface area contributed by atoms with Crippen LogP contribution in [-0.4, -0.2) is 27.8 Å². The lowest BCUT2D eigenvalue weighted by Gasteiger charge is -2.18. The summed E-state index contributed by atoms with van der Waals surface area (Å²) in [7, 11) is 1.79. The highest BCUT2D eigenvalue weighted by molar-refractivity contribution is 6.04. The van der Waals surface area contributed by atoms with Gasteiger partial charge in [0, 0.05) is 19.0 Å². The summed E-state index contributed by atoms with van der Waals surface area (Å²) >= 11 is 0. The number of benzene rings is 2. The average Bonchev–Trinajstić information content (AvgIpc) is 2.54. The first-order chi connectivity index (χ1) is 10.6. The predicted molar refractivity (Wildman–Crippen MR) is 86.5 cm³/mol. The zero-order chi connectivity index (χ0) is 15.5. The van der Waals surface area contributed by atoms with Crippen LogP contribution < -0.4 is 0 Å². The molecule has 0 aliphatic carbocycles. The van der Waals surface area contributed by atoms with Gasteiger partial charge in [0.15, 0.2) is 0 Å². The molecule has 0 aliphatic heterocycles.